The molecule has 6 nitrogen and oxygen atoms in total. The second-order valence-corrected chi connectivity index (χ2v) is 14.3. The van der Waals surface area contributed by atoms with E-state index in [0.29, 0.717) is 0 Å². The summed E-state index contributed by atoms with van der Waals surface area (Å²) in [6.07, 6.45) is 0.745. The summed E-state index contributed by atoms with van der Waals surface area (Å²) in [5.41, 5.74) is 0. The number of hydrogen-bond acceptors (Lipinski definition) is 8. The molecule has 1 rings (SSSR count). The predicted octanol–water partition coefficient (Wildman–Crippen LogP) is 1.09. The van der Waals surface area contributed by atoms with Gasteiger partial charge >= 0.3 is 0 Å². The summed E-state index contributed by atoms with van der Waals surface area (Å²) in [5, 5.41) is 58.4. The largest absolute Gasteiger partial charge is 0.382 e. The molecule has 0 bridgehead atoms. The Balaban J connectivity index is 3.02. The zero-order valence-electron chi connectivity index (χ0n) is 10.6. The number of thiol groups is 1. The first-order valence-corrected chi connectivity index (χ1v) is 12.1. The van der Waals surface area contributed by atoms with Crippen molar-refractivity contribution in [3.8, 4) is 12.1 Å². The Morgan fingerprint density at radius 3 is 1.95 bits per heavy atom. The summed E-state index contributed by atoms with van der Waals surface area (Å²) in [4.78, 5) is 0. The monoisotopic (exact) mass is 355 g/mol. The molecule has 4 N–H and O–H groups in total. The lowest BCUT2D eigenvalue weighted by atomic mass is 10.6. The topological polar surface area (TPSA) is 128 Å². The van der Waals surface area contributed by atoms with Crippen LogP contribution in [0, 0.1) is 22.7 Å². The molecular formula is C10H17N2O4P2S2+. The van der Waals surface area contributed by atoms with E-state index in [0.717, 1.165) is 10.4 Å². The molecule has 1 fully saturated rings. The van der Waals surface area contributed by atoms with Crippen molar-refractivity contribution in [2.75, 3.05) is 12.3 Å². The van der Waals surface area contributed by atoms with Gasteiger partial charge in [-0.3, -0.25) is 0 Å². The third-order valence-electron chi connectivity index (χ3n) is 3.32. The van der Waals surface area contributed by atoms with Crippen LogP contribution in [0.25, 0.3) is 0 Å². The van der Waals surface area contributed by atoms with Gasteiger partial charge in [-0.05, 0) is 14.1 Å². The van der Waals surface area contributed by atoms with Crippen LogP contribution in [0.4, 0.5) is 0 Å². The quantitative estimate of drug-likeness (QED) is 0.284. The second kappa shape index (κ2) is 8.13. The highest BCUT2D eigenvalue weighted by Gasteiger charge is 2.64. The Morgan fingerprint density at radius 2 is 1.55 bits per heavy atom. The minimum atomic E-state index is -2.65. The van der Waals surface area contributed by atoms with Crippen molar-refractivity contribution in [1.82, 2.24) is 0 Å². The van der Waals surface area contributed by atoms with Crippen molar-refractivity contribution < 1.29 is 20.4 Å². The molecule has 112 valence electrons. The fourth-order valence-corrected chi connectivity index (χ4v) is 13.8. The zero-order chi connectivity index (χ0) is 15.3. The average Bonchev–Trinajstić information content (AvgIpc) is 2.46. The molecule has 0 spiro atoms. The van der Waals surface area contributed by atoms with Crippen LogP contribution in [-0.2, 0) is 0 Å². The van der Waals surface area contributed by atoms with Crippen LogP contribution in [0.1, 0.15) is 12.8 Å². The molecule has 0 aromatic rings. The standard InChI is InChI=1S/C10H16N2O4P2S2/c11-3-1-5-17-7(13)9(15)18(20-19,6-2-4-12)10(16)8(17)14/h7-10,13-16H,1-2,5-6H2/p+1. The Morgan fingerprint density at radius 1 is 1.05 bits per heavy atom. The molecular weight excluding hydrogens is 338 g/mol. The first-order valence-electron chi connectivity index (χ1n) is 5.88. The molecule has 1 aliphatic heterocycles. The maximum absolute atomic E-state index is 10.4. The molecule has 0 aromatic carbocycles. The van der Waals surface area contributed by atoms with Gasteiger partial charge in [-0.1, -0.05) is 11.7 Å². The van der Waals surface area contributed by atoms with Gasteiger partial charge in [0.25, 0.3) is 0 Å². The van der Waals surface area contributed by atoms with Gasteiger partial charge < -0.3 is 20.4 Å². The van der Waals surface area contributed by atoms with Crippen LogP contribution >= 0.6 is 36.5 Å². The number of hydrogen-bond donors (Lipinski definition) is 5. The van der Waals surface area contributed by atoms with Crippen LogP contribution in [0.3, 0.4) is 0 Å². The Bertz CT molecular complexity index is 401. The number of nitrogens with zero attached hydrogens (tertiary/aromatic N) is 2. The summed E-state index contributed by atoms with van der Waals surface area (Å²) >= 11 is 4.09. The van der Waals surface area contributed by atoms with Crippen LogP contribution in [0.5, 0.6) is 0 Å². The van der Waals surface area contributed by atoms with E-state index in [2.05, 4.69) is 11.7 Å². The van der Waals surface area contributed by atoms with Crippen molar-refractivity contribution in [2.24, 2.45) is 0 Å². The highest BCUT2D eigenvalue weighted by atomic mass is 33.3. The molecule has 1 aliphatic rings. The molecule has 1 heterocycles. The van der Waals surface area contributed by atoms with E-state index in [1.54, 1.807) is 0 Å². The molecule has 20 heavy (non-hydrogen) atoms. The Labute approximate surface area is 128 Å². The molecule has 10 heteroatoms. The van der Waals surface area contributed by atoms with Crippen LogP contribution in [0.15, 0.2) is 0 Å². The number of aliphatic hydroxyl groups excluding tert-OH is 4. The first kappa shape index (κ1) is 18.4. The van der Waals surface area contributed by atoms with Gasteiger partial charge in [0.1, 0.15) is 11.7 Å². The third kappa shape index (κ3) is 3.40. The van der Waals surface area contributed by atoms with Crippen LogP contribution in [-0.4, -0.2) is 56.1 Å². The van der Waals surface area contributed by atoms with Crippen molar-refractivity contribution in [1.29, 1.82) is 10.5 Å². The summed E-state index contributed by atoms with van der Waals surface area (Å²) < 4.78 is 0. The summed E-state index contributed by atoms with van der Waals surface area (Å²) in [6.45, 7) is -2.65. The van der Waals surface area contributed by atoms with E-state index in [-0.39, 0.29) is 25.2 Å². The maximum Gasteiger partial charge on any atom is 0.208 e. The number of nitriles is 2. The first-order chi connectivity index (χ1) is 9.46. The van der Waals surface area contributed by atoms with E-state index < -0.39 is 37.8 Å². The minimum Gasteiger partial charge on any atom is -0.382 e. The fourth-order valence-electron chi connectivity index (χ4n) is 2.18. The Kier molecular flexibility index (Phi) is 7.49. The minimum absolute atomic E-state index is 0.116. The molecule has 0 saturated carbocycles. The highest BCUT2D eigenvalue weighted by molar-refractivity contribution is 8.97. The molecule has 0 aromatic heterocycles. The maximum atomic E-state index is 10.4. The molecule has 4 atom stereocenters. The Hall–Kier alpha value is 0.380. The van der Waals surface area contributed by atoms with E-state index >= 15 is 0 Å². The normalized spacial score (nSPS) is 40.9. The van der Waals surface area contributed by atoms with Gasteiger partial charge in [-0.25, -0.2) is 0 Å². The molecule has 0 radical (unpaired) electrons. The van der Waals surface area contributed by atoms with Crippen LogP contribution in [0.2, 0.25) is 0 Å². The lowest BCUT2D eigenvalue weighted by molar-refractivity contribution is 0.0770. The van der Waals surface area contributed by atoms with Gasteiger partial charge in [-0.15, -0.1) is 0 Å². The smallest absolute Gasteiger partial charge is 0.208 e. The van der Waals surface area contributed by atoms with Crippen molar-refractivity contribution in [2.45, 2.75) is 36.2 Å². The molecule has 0 aliphatic carbocycles. The zero-order valence-corrected chi connectivity index (χ0v) is 14.1. The number of rotatable bonds is 5. The molecule has 1 saturated heterocycles. The van der Waals surface area contributed by atoms with Crippen molar-refractivity contribution in [3.63, 3.8) is 0 Å². The second-order valence-electron chi connectivity index (χ2n) is 4.37. The van der Waals surface area contributed by atoms with Gasteiger partial charge in [0.15, 0.2) is 6.46 Å². The highest BCUT2D eigenvalue weighted by Crippen LogP contribution is 2.83. The van der Waals surface area contributed by atoms with Gasteiger partial charge in [0.05, 0.1) is 35.1 Å². The van der Waals surface area contributed by atoms with Gasteiger partial charge in [0, 0.05) is 6.42 Å². The number of aliphatic hydroxyl groups is 4. The molecule has 0 amide bonds. The lowest BCUT2D eigenvalue weighted by Gasteiger charge is -2.44. The average molecular weight is 355 g/mol. The van der Waals surface area contributed by atoms with E-state index in [4.69, 9.17) is 10.5 Å². The molecule has 4 unspecified atom stereocenters. The lowest BCUT2D eigenvalue weighted by Crippen LogP contribution is -2.45. The van der Waals surface area contributed by atoms with Gasteiger partial charge in [-0.2, -0.15) is 10.5 Å². The van der Waals surface area contributed by atoms with E-state index in [9.17, 15) is 20.4 Å². The third-order valence-corrected chi connectivity index (χ3v) is 15.5. The summed E-state index contributed by atoms with van der Waals surface area (Å²) in [7, 11) is -0.509. The van der Waals surface area contributed by atoms with E-state index in [1.807, 2.05) is 12.1 Å². The fraction of sp³-hybridized carbons (Fsp3) is 0.800. The van der Waals surface area contributed by atoms with Crippen LogP contribution < -0.4 is 0 Å². The summed E-state index contributed by atoms with van der Waals surface area (Å²) in [6, 6.07) is 3.88. The van der Waals surface area contributed by atoms with E-state index in [1.165, 1.54) is 0 Å². The van der Waals surface area contributed by atoms with Gasteiger partial charge in [0.2, 0.25) is 11.7 Å². The summed E-state index contributed by atoms with van der Waals surface area (Å²) in [5.74, 6) is -4.71. The van der Waals surface area contributed by atoms with Crippen molar-refractivity contribution in [3.05, 3.63) is 0 Å². The SMILES string of the molecule is N#CCCP1C(O)C(O)[P+](CCC#N)(SS)C(O)C1O. The predicted molar refractivity (Wildman–Crippen MR) is 84.6 cm³/mol. The van der Waals surface area contributed by atoms with Crippen molar-refractivity contribution >= 4 is 36.5 Å².